The molecule has 0 aromatic carbocycles. The quantitative estimate of drug-likeness (QED) is 0.0205. The molecule has 0 aliphatic rings. The van der Waals surface area contributed by atoms with Crippen molar-refractivity contribution in [3.05, 3.63) is 85.1 Å². The van der Waals surface area contributed by atoms with Crippen LogP contribution in [-0.4, -0.2) is 74.3 Å². The molecule has 0 fully saturated rings. The van der Waals surface area contributed by atoms with Gasteiger partial charge in [0.15, 0.2) is 0 Å². The van der Waals surface area contributed by atoms with Gasteiger partial charge in [0, 0.05) is 12.8 Å². The number of amides is 1. The minimum atomic E-state index is -4.46. The molecule has 494 valence electrons. The Hall–Kier alpha value is -2.81. The summed E-state index contributed by atoms with van der Waals surface area (Å²) >= 11 is 0. The van der Waals surface area contributed by atoms with E-state index < -0.39 is 20.0 Å². The van der Waals surface area contributed by atoms with E-state index in [1.54, 1.807) is 0 Å². The Bertz CT molecular complexity index is 1730. The van der Waals surface area contributed by atoms with Crippen molar-refractivity contribution in [2.45, 2.75) is 341 Å². The van der Waals surface area contributed by atoms with E-state index in [9.17, 15) is 19.0 Å². The number of hydrogen-bond acceptors (Lipinski definition) is 6. The van der Waals surface area contributed by atoms with Gasteiger partial charge in [-0.1, -0.05) is 299 Å². The third kappa shape index (κ3) is 65.5. The summed E-state index contributed by atoms with van der Waals surface area (Å²) in [4.78, 5) is 37.9. The van der Waals surface area contributed by atoms with Gasteiger partial charge in [-0.2, -0.15) is 0 Å². The number of ether oxygens (including phenoxy) is 1. The lowest BCUT2D eigenvalue weighted by atomic mass is 10.0. The Labute approximate surface area is 526 Å². The molecule has 0 aliphatic carbocycles. The predicted molar refractivity (Wildman–Crippen MR) is 369 cm³/mol. The number of hydrogen-bond donors (Lipinski definition) is 2. The summed E-state index contributed by atoms with van der Waals surface area (Å²) in [5.41, 5.74) is 0. The van der Waals surface area contributed by atoms with Crippen LogP contribution in [0.4, 0.5) is 0 Å². The molecule has 10 heteroatoms. The third-order valence-electron chi connectivity index (χ3n) is 15.8. The molecule has 9 nitrogen and oxygen atoms in total. The van der Waals surface area contributed by atoms with Crippen molar-refractivity contribution in [1.29, 1.82) is 0 Å². The SMILES string of the molecule is CC/C=C\C/C=C\C/C=C\C/C=C\C/C=C\CCCCCCCCCCCCCC(=O)NC(COP(=O)(O)OCC[N+](C)(C)C)C(/C=C\CCCCCCCCCCCCC)OC(=O)CCCCCCCCCCC/C=C/CCCCCCCC. The molecule has 0 spiro atoms. The van der Waals surface area contributed by atoms with Crippen molar-refractivity contribution < 1.29 is 37.3 Å². The van der Waals surface area contributed by atoms with Gasteiger partial charge in [0.2, 0.25) is 5.91 Å². The zero-order chi connectivity index (χ0) is 62.1. The van der Waals surface area contributed by atoms with Crippen LogP contribution in [0.25, 0.3) is 0 Å². The summed E-state index contributed by atoms with van der Waals surface area (Å²) in [6.07, 6.45) is 85.9. The number of carbonyl (C=O) groups is 2. The van der Waals surface area contributed by atoms with Crippen LogP contribution in [0, 0.1) is 0 Å². The number of allylic oxidation sites excluding steroid dienone is 13. The largest absolute Gasteiger partial charge is 0.472 e. The maximum absolute atomic E-state index is 13.6. The summed E-state index contributed by atoms with van der Waals surface area (Å²) in [6, 6.07) is -0.855. The van der Waals surface area contributed by atoms with E-state index in [1.807, 2.05) is 33.3 Å². The monoisotopic (exact) mass is 1210 g/mol. The predicted octanol–water partition coefficient (Wildman–Crippen LogP) is 22.9. The molecule has 0 saturated heterocycles. The Morgan fingerprint density at radius 1 is 0.424 bits per heavy atom. The van der Waals surface area contributed by atoms with E-state index in [-0.39, 0.29) is 31.5 Å². The molecular formula is C75H138N2O7P+. The molecule has 3 unspecified atom stereocenters. The zero-order valence-corrected chi connectivity index (χ0v) is 57.5. The van der Waals surface area contributed by atoms with Gasteiger partial charge in [-0.05, 0) is 102 Å². The molecule has 0 heterocycles. The number of phosphoric ester groups is 1. The highest BCUT2D eigenvalue weighted by atomic mass is 31.2. The van der Waals surface area contributed by atoms with Crippen LogP contribution in [0.3, 0.4) is 0 Å². The number of nitrogens with zero attached hydrogens (tertiary/aromatic N) is 1. The van der Waals surface area contributed by atoms with Crippen LogP contribution < -0.4 is 5.32 Å². The smallest absolute Gasteiger partial charge is 0.456 e. The molecule has 0 saturated carbocycles. The topological polar surface area (TPSA) is 111 Å². The minimum Gasteiger partial charge on any atom is -0.456 e. The highest BCUT2D eigenvalue weighted by molar-refractivity contribution is 7.47. The van der Waals surface area contributed by atoms with E-state index in [2.05, 4.69) is 99.0 Å². The molecule has 0 aliphatic heterocycles. The molecule has 0 bridgehead atoms. The third-order valence-corrected chi connectivity index (χ3v) is 16.8. The first-order valence-electron chi connectivity index (χ1n) is 35.9. The highest BCUT2D eigenvalue weighted by Gasteiger charge is 2.30. The van der Waals surface area contributed by atoms with E-state index in [0.29, 0.717) is 17.4 Å². The maximum Gasteiger partial charge on any atom is 0.472 e. The van der Waals surface area contributed by atoms with Crippen molar-refractivity contribution in [1.82, 2.24) is 5.32 Å². The van der Waals surface area contributed by atoms with E-state index in [4.69, 9.17) is 13.8 Å². The molecule has 0 radical (unpaired) electrons. The second kappa shape index (κ2) is 64.2. The lowest BCUT2D eigenvalue weighted by Gasteiger charge is -2.27. The van der Waals surface area contributed by atoms with Gasteiger partial charge in [-0.15, -0.1) is 0 Å². The van der Waals surface area contributed by atoms with Crippen molar-refractivity contribution >= 4 is 19.7 Å². The average molecular weight is 1210 g/mol. The Balaban J connectivity index is 5.08. The van der Waals surface area contributed by atoms with Gasteiger partial charge in [0.1, 0.15) is 19.3 Å². The van der Waals surface area contributed by atoms with E-state index in [1.165, 1.54) is 205 Å². The standard InChI is InChI=1S/C75H137N2O7P/c1-7-10-13-16-19-22-25-28-30-32-34-35-36-37-38-39-40-41-43-44-46-49-52-55-58-61-64-67-74(78)76-72(71-83-85(80,81)82-70-69-77(4,5)6)73(66-63-60-57-54-51-48-27-24-21-18-15-12-9-3)84-75(79)68-65-62-59-56-53-50-47-45-42-33-31-29-26-23-20-17-14-11-8-2/h10,13,19,22,28-31,34-35,37-38,63,66,72-73H,7-9,11-12,14-18,20-21,23-27,32-33,36,39-62,64-65,67-71H2,1-6H3,(H-,76,78,80,81)/p+1/b13-10-,22-19-,30-28-,31-29+,35-34-,38-37-,66-63-. The molecule has 0 aromatic rings. The molecule has 1 amide bonds. The van der Waals surface area contributed by atoms with Crippen molar-refractivity contribution in [2.24, 2.45) is 0 Å². The van der Waals surface area contributed by atoms with Gasteiger partial charge in [-0.3, -0.25) is 18.6 Å². The van der Waals surface area contributed by atoms with Crippen LogP contribution in [0.5, 0.6) is 0 Å². The molecular weight excluding hydrogens is 1070 g/mol. The fourth-order valence-corrected chi connectivity index (χ4v) is 11.1. The molecule has 0 aromatic heterocycles. The number of likely N-dealkylation sites (N-methyl/N-ethyl adjacent to an activating group) is 1. The lowest BCUT2D eigenvalue weighted by Crippen LogP contribution is -2.47. The zero-order valence-electron chi connectivity index (χ0n) is 56.6. The fourth-order valence-electron chi connectivity index (χ4n) is 10.3. The molecule has 85 heavy (non-hydrogen) atoms. The number of quaternary nitrogens is 1. The van der Waals surface area contributed by atoms with Gasteiger partial charge in [0.25, 0.3) is 0 Å². The summed E-state index contributed by atoms with van der Waals surface area (Å²) in [6.45, 7) is 6.93. The first-order chi connectivity index (χ1) is 41.4. The number of phosphoric acid groups is 1. The number of carbonyl (C=O) groups excluding carboxylic acids is 2. The summed E-state index contributed by atoms with van der Waals surface area (Å²) in [5.74, 6) is -0.502. The summed E-state index contributed by atoms with van der Waals surface area (Å²) in [5, 5.41) is 3.07. The first-order valence-corrected chi connectivity index (χ1v) is 37.4. The van der Waals surface area contributed by atoms with Crippen molar-refractivity contribution in [2.75, 3.05) is 40.9 Å². The Morgan fingerprint density at radius 3 is 1.14 bits per heavy atom. The second-order valence-electron chi connectivity index (χ2n) is 25.4. The first kappa shape index (κ1) is 82.2. The fraction of sp³-hybridized carbons (Fsp3) is 0.787. The van der Waals surface area contributed by atoms with Gasteiger partial charge >= 0.3 is 13.8 Å². The van der Waals surface area contributed by atoms with Crippen LogP contribution in [0.2, 0.25) is 0 Å². The normalized spacial score (nSPS) is 14.0. The van der Waals surface area contributed by atoms with Crippen LogP contribution in [0.1, 0.15) is 329 Å². The van der Waals surface area contributed by atoms with E-state index >= 15 is 0 Å². The second-order valence-corrected chi connectivity index (χ2v) is 26.8. The van der Waals surface area contributed by atoms with Crippen LogP contribution >= 0.6 is 7.82 Å². The number of esters is 1. The lowest BCUT2D eigenvalue weighted by molar-refractivity contribution is -0.870. The molecule has 3 atom stereocenters. The van der Waals surface area contributed by atoms with Gasteiger partial charge < -0.3 is 19.4 Å². The van der Waals surface area contributed by atoms with Crippen LogP contribution in [0.15, 0.2) is 85.1 Å². The molecule has 0 rings (SSSR count). The van der Waals surface area contributed by atoms with Crippen molar-refractivity contribution in [3.63, 3.8) is 0 Å². The van der Waals surface area contributed by atoms with Crippen molar-refractivity contribution in [3.8, 4) is 0 Å². The Morgan fingerprint density at radius 2 is 0.753 bits per heavy atom. The summed E-state index contributed by atoms with van der Waals surface area (Å²) in [7, 11) is 1.49. The molecule has 2 N–H and O–H groups in total. The number of nitrogens with one attached hydrogen (secondary N) is 1. The maximum atomic E-state index is 13.6. The number of rotatable bonds is 65. The van der Waals surface area contributed by atoms with E-state index in [0.717, 1.165) is 89.9 Å². The average Bonchev–Trinajstić information content (AvgIpc) is 3.53. The Kier molecular flexibility index (Phi) is 62.1. The van der Waals surface area contributed by atoms with Crippen LogP contribution in [-0.2, 0) is 27.9 Å². The number of unbranched alkanes of at least 4 members (excludes halogenated alkanes) is 37. The van der Waals surface area contributed by atoms with Gasteiger partial charge in [0.05, 0.1) is 33.8 Å². The summed E-state index contributed by atoms with van der Waals surface area (Å²) < 4.78 is 30.9. The highest BCUT2D eigenvalue weighted by Crippen LogP contribution is 2.43. The minimum absolute atomic E-state index is 0.0375. The van der Waals surface area contributed by atoms with Gasteiger partial charge in [-0.25, -0.2) is 4.57 Å².